The van der Waals surface area contributed by atoms with Crippen molar-refractivity contribution in [1.82, 2.24) is 25.1 Å². The number of anilines is 4. The summed E-state index contributed by atoms with van der Waals surface area (Å²) in [6.45, 7) is 11.0. The summed E-state index contributed by atoms with van der Waals surface area (Å²) in [6, 6.07) is 9.52. The van der Waals surface area contributed by atoms with Gasteiger partial charge in [-0.25, -0.2) is 9.97 Å². The Bertz CT molecular complexity index is 1180. The summed E-state index contributed by atoms with van der Waals surface area (Å²) < 4.78 is 11.3. The van der Waals surface area contributed by atoms with Crippen molar-refractivity contribution < 1.29 is 14.3 Å². The smallest absolute Gasteiger partial charge is 0.221 e. The molecule has 198 valence electrons. The Hall–Kier alpha value is -3.35. The zero-order valence-corrected chi connectivity index (χ0v) is 22.5. The minimum atomic E-state index is -0.105. The predicted octanol–water partition coefficient (Wildman–Crippen LogP) is 3.53. The summed E-state index contributed by atoms with van der Waals surface area (Å²) in [5.74, 6) is 2.49. The number of amides is 1. The lowest BCUT2D eigenvalue weighted by Crippen LogP contribution is -2.47. The first kappa shape index (κ1) is 26.7. The van der Waals surface area contributed by atoms with Crippen LogP contribution < -0.4 is 20.3 Å². The van der Waals surface area contributed by atoms with Crippen LogP contribution in [0.1, 0.15) is 19.5 Å². The van der Waals surface area contributed by atoms with E-state index in [4.69, 9.17) is 19.4 Å². The van der Waals surface area contributed by atoms with E-state index in [0.29, 0.717) is 29.1 Å². The topological polar surface area (TPSA) is 121 Å². The maximum atomic E-state index is 11.3. The Balaban J connectivity index is 1.64. The van der Waals surface area contributed by atoms with Crippen molar-refractivity contribution in [2.75, 3.05) is 68.6 Å². The SMILES string of the molecule is CCOc1c(Nc2cc(C)[nH]n2)nc(Sc2ccc(NC(C)=O)cc2)nc1N1CCN(CCOC)CC1. The second kappa shape index (κ2) is 12.7. The van der Waals surface area contributed by atoms with Gasteiger partial charge in [0.1, 0.15) is 0 Å². The number of aromatic nitrogens is 4. The molecule has 12 heteroatoms. The second-order valence-electron chi connectivity index (χ2n) is 8.63. The average Bonchev–Trinajstić information content (AvgIpc) is 3.29. The first-order chi connectivity index (χ1) is 17.9. The Labute approximate surface area is 221 Å². The van der Waals surface area contributed by atoms with Gasteiger partial charge in [0.2, 0.25) is 11.7 Å². The first-order valence-electron chi connectivity index (χ1n) is 12.3. The molecule has 3 N–H and O–H groups in total. The summed E-state index contributed by atoms with van der Waals surface area (Å²) >= 11 is 1.45. The molecule has 0 saturated carbocycles. The minimum Gasteiger partial charge on any atom is -0.487 e. The van der Waals surface area contributed by atoms with Crippen molar-refractivity contribution in [3.8, 4) is 5.75 Å². The van der Waals surface area contributed by atoms with Crippen molar-refractivity contribution in [1.29, 1.82) is 0 Å². The van der Waals surface area contributed by atoms with E-state index in [2.05, 4.69) is 30.6 Å². The molecule has 2 aromatic heterocycles. The number of methoxy groups -OCH3 is 1. The molecule has 0 unspecified atom stereocenters. The fraction of sp³-hybridized carbons (Fsp3) is 0.440. The number of benzene rings is 1. The number of aryl methyl sites for hydroxylation is 1. The molecule has 4 rings (SSSR count). The lowest BCUT2D eigenvalue weighted by Gasteiger charge is -2.36. The molecule has 0 atom stereocenters. The standard InChI is InChI=1S/C25H34N8O3S/c1-5-36-22-23(27-21-16-17(2)30-31-21)28-25(37-20-8-6-19(7-9-20)26-18(3)34)29-24(22)33-12-10-32(11-13-33)14-15-35-4/h6-9,16H,5,10-15H2,1-4H3,(H,26,34)(H2,27,28,29,30,31). The van der Waals surface area contributed by atoms with Crippen molar-refractivity contribution in [2.24, 2.45) is 0 Å². The van der Waals surface area contributed by atoms with Crippen molar-refractivity contribution in [2.45, 2.75) is 30.8 Å². The molecule has 0 radical (unpaired) electrons. The molecule has 0 bridgehead atoms. The fourth-order valence-corrected chi connectivity index (χ4v) is 4.71. The molecule has 3 aromatic rings. The van der Waals surface area contributed by atoms with Gasteiger partial charge in [-0.05, 0) is 49.9 Å². The molecular formula is C25H34N8O3S. The van der Waals surface area contributed by atoms with Crippen LogP contribution in [-0.4, -0.2) is 84.0 Å². The molecular weight excluding hydrogens is 492 g/mol. The molecule has 11 nitrogen and oxygen atoms in total. The molecule has 1 saturated heterocycles. The largest absolute Gasteiger partial charge is 0.487 e. The van der Waals surface area contributed by atoms with E-state index in [-0.39, 0.29) is 5.91 Å². The molecule has 1 aliphatic heterocycles. The molecule has 0 aliphatic carbocycles. The van der Waals surface area contributed by atoms with Gasteiger partial charge in [0, 0.05) is 69.1 Å². The quantitative estimate of drug-likeness (QED) is 0.320. The van der Waals surface area contributed by atoms with E-state index >= 15 is 0 Å². The molecule has 3 heterocycles. The van der Waals surface area contributed by atoms with Gasteiger partial charge in [-0.1, -0.05) is 0 Å². The Morgan fingerprint density at radius 3 is 2.54 bits per heavy atom. The third-order valence-electron chi connectivity index (χ3n) is 5.74. The van der Waals surface area contributed by atoms with Crippen LogP contribution in [0.2, 0.25) is 0 Å². The Kier molecular flexibility index (Phi) is 9.20. The van der Waals surface area contributed by atoms with Crippen LogP contribution in [0.5, 0.6) is 5.75 Å². The van der Waals surface area contributed by atoms with E-state index in [9.17, 15) is 4.79 Å². The number of rotatable bonds is 11. The number of H-pyrrole nitrogens is 1. The highest BCUT2D eigenvalue weighted by Crippen LogP contribution is 2.38. The lowest BCUT2D eigenvalue weighted by molar-refractivity contribution is -0.114. The predicted molar refractivity (Wildman–Crippen MR) is 145 cm³/mol. The number of hydrogen-bond donors (Lipinski definition) is 3. The van der Waals surface area contributed by atoms with Crippen LogP contribution in [-0.2, 0) is 9.53 Å². The van der Waals surface area contributed by atoms with Gasteiger partial charge in [-0.15, -0.1) is 0 Å². The molecule has 0 spiro atoms. The van der Waals surface area contributed by atoms with Gasteiger partial charge >= 0.3 is 0 Å². The van der Waals surface area contributed by atoms with Gasteiger partial charge < -0.3 is 25.0 Å². The highest BCUT2D eigenvalue weighted by Gasteiger charge is 2.25. The molecule has 1 fully saturated rings. The maximum absolute atomic E-state index is 11.3. The first-order valence-corrected chi connectivity index (χ1v) is 13.1. The number of aromatic amines is 1. The van der Waals surface area contributed by atoms with Crippen LogP contribution in [0.25, 0.3) is 0 Å². The number of nitrogens with one attached hydrogen (secondary N) is 3. The summed E-state index contributed by atoms with van der Waals surface area (Å²) in [7, 11) is 1.73. The summed E-state index contributed by atoms with van der Waals surface area (Å²) in [5.41, 5.74) is 1.68. The van der Waals surface area contributed by atoms with Crippen molar-refractivity contribution in [3.05, 3.63) is 36.0 Å². The van der Waals surface area contributed by atoms with Crippen LogP contribution in [0.15, 0.2) is 40.4 Å². The van der Waals surface area contributed by atoms with Gasteiger partial charge in [0.25, 0.3) is 0 Å². The number of carbonyl (C=O) groups is 1. The highest BCUT2D eigenvalue weighted by atomic mass is 32.2. The Morgan fingerprint density at radius 1 is 1.16 bits per heavy atom. The van der Waals surface area contributed by atoms with Crippen LogP contribution >= 0.6 is 11.8 Å². The number of piperazine rings is 1. The van der Waals surface area contributed by atoms with Crippen LogP contribution in [0.3, 0.4) is 0 Å². The monoisotopic (exact) mass is 526 g/mol. The highest BCUT2D eigenvalue weighted by molar-refractivity contribution is 7.99. The van der Waals surface area contributed by atoms with Crippen LogP contribution in [0.4, 0.5) is 23.1 Å². The van der Waals surface area contributed by atoms with Gasteiger partial charge in [-0.2, -0.15) is 5.10 Å². The number of ether oxygens (including phenoxy) is 2. The lowest BCUT2D eigenvalue weighted by atomic mass is 10.3. The minimum absolute atomic E-state index is 0.105. The second-order valence-corrected chi connectivity index (χ2v) is 9.67. The Morgan fingerprint density at radius 2 is 1.92 bits per heavy atom. The third kappa shape index (κ3) is 7.34. The molecule has 1 aromatic carbocycles. The zero-order chi connectivity index (χ0) is 26.2. The van der Waals surface area contributed by atoms with E-state index in [1.54, 1.807) is 7.11 Å². The average molecular weight is 527 g/mol. The summed E-state index contributed by atoms with van der Waals surface area (Å²) in [6.07, 6.45) is 0. The zero-order valence-electron chi connectivity index (χ0n) is 21.7. The molecule has 1 amide bonds. The van der Waals surface area contributed by atoms with E-state index < -0.39 is 0 Å². The third-order valence-corrected chi connectivity index (χ3v) is 6.61. The molecule has 1 aliphatic rings. The van der Waals surface area contributed by atoms with Crippen molar-refractivity contribution in [3.63, 3.8) is 0 Å². The van der Waals surface area contributed by atoms with E-state index in [0.717, 1.165) is 61.4 Å². The fourth-order valence-electron chi connectivity index (χ4n) is 3.96. The normalized spacial score (nSPS) is 14.0. The summed E-state index contributed by atoms with van der Waals surface area (Å²) in [5, 5.41) is 14.0. The number of hydrogen-bond acceptors (Lipinski definition) is 10. The molecule has 37 heavy (non-hydrogen) atoms. The van der Waals surface area contributed by atoms with E-state index in [1.807, 2.05) is 44.2 Å². The van der Waals surface area contributed by atoms with Crippen molar-refractivity contribution >= 4 is 40.8 Å². The summed E-state index contributed by atoms with van der Waals surface area (Å²) in [4.78, 5) is 26.7. The maximum Gasteiger partial charge on any atom is 0.221 e. The number of carbonyl (C=O) groups excluding carboxylic acids is 1. The van der Waals surface area contributed by atoms with E-state index in [1.165, 1.54) is 18.7 Å². The van der Waals surface area contributed by atoms with Gasteiger partial charge in [0.15, 0.2) is 22.6 Å². The van der Waals surface area contributed by atoms with Gasteiger partial charge in [-0.3, -0.25) is 14.8 Å². The number of nitrogens with zero attached hydrogens (tertiary/aromatic N) is 5. The van der Waals surface area contributed by atoms with Gasteiger partial charge in [0.05, 0.1) is 13.2 Å². The van der Waals surface area contributed by atoms with Crippen LogP contribution in [0, 0.1) is 6.92 Å².